The summed E-state index contributed by atoms with van der Waals surface area (Å²) in [5.41, 5.74) is 0.877. The lowest BCUT2D eigenvalue weighted by atomic mass is 10.0. The van der Waals surface area contributed by atoms with E-state index in [-0.39, 0.29) is 5.91 Å². The number of nitrogen functional groups attached to an aromatic ring is 1. The fourth-order valence-electron chi connectivity index (χ4n) is 2.88. The molecule has 2 heterocycles. The molecule has 8 heteroatoms. The van der Waals surface area contributed by atoms with Crippen molar-refractivity contribution in [3.8, 4) is 11.4 Å². The molecule has 2 aromatic rings. The second-order valence-corrected chi connectivity index (χ2v) is 7.77. The average Bonchev–Trinajstić information content (AvgIpc) is 2.94. The second kappa shape index (κ2) is 7.57. The van der Waals surface area contributed by atoms with Crippen molar-refractivity contribution >= 4 is 33.6 Å². The summed E-state index contributed by atoms with van der Waals surface area (Å²) in [6, 6.07) is 8.03. The van der Waals surface area contributed by atoms with E-state index in [1.54, 1.807) is 0 Å². The Labute approximate surface area is 153 Å². The van der Waals surface area contributed by atoms with Gasteiger partial charge in [-0.05, 0) is 38.3 Å². The molecule has 0 unspecified atom stereocenters. The zero-order chi connectivity index (χ0) is 17.1. The van der Waals surface area contributed by atoms with E-state index in [0.717, 1.165) is 29.4 Å². The molecule has 128 valence electrons. The monoisotopic (exact) mass is 409 g/mol. The number of likely N-dealkylation sites (tertiary alicyclic amines) is 1. The van der Waals surface area contributed by atoms with E-state index in [2.05, 4.69) is 33.1 Å². The Bertz CT molecular complexity index is 735. The highest BCUT2D eigenvalue weighted by Crippen LogP contribution is 2.25. The van der Waals surface area contributed by atoms with Crippen LogP contribution in [0.2, 0.25) is 0 Å². The largest absolute Gasteiger partial charge is 0.339 e. The number of benzene rings is 1. The first-order chi connectivity index (χ1) is 11.6. The van der Waals surface area contributed by atoms with Gasteiger partial charge in [-0.3, -0.25) is 4.79 Å². The number of hydrogen-bond acceptors (Lipinski definition) is 5. The molecule has 1 aromatic carbocycles. The summed E-state index contributed by atoms with van der Waals surface area (Å²) in [6.07, 6.45) is 3.36. The van der Waals surface area contributed by atoms with Gasteiger partial charge in [0.2, 0.25) is 11.1 Å². The summed E-state index contributed by atoms with van der Waals surface area (Å²) in [5, 5.41) is 8.82. The molecule has 0 bridgehead atoms. The maximum atomic E-state index is 12.4. The van der Waals surface area contributed by atoms with Gasteiger partial charge in [0.1, 0.15) is 0 Å². The Morgan fingerprint density at radius 1 is 1.42 bits per heavy atom. The first-order valence-electron chi connectivity index (χ1n) is 7.95. The predicted molar refractivity (Wildman–Crippen MR) is 99.1 cm³/mol. The van der Waals surface area contributed by atoms with Crippen LogP contribution in [0.25, 0.3) is 11.4 Å². The van der Waals surface area contributed by atoms with E-state index < -0.39 is 0 Å². The number of halogens is 1. The summed E-state index contributed by atoms with van der Waals surface area (Å²) >= 11 is 4.77. The number of rotatable bonds is 4. The van der Waals surface area contributed by atoms with Gasteiger partial charge in [0, 0.05) is 22.6 Å². The summed E-state index contributed by atoms with van der Waals surface area (Å²) < 4.78 is 2.39. The number of amides is 1. The first-order valence-corrected chi connectivity index (χ1v) is 9.73. The molecule has 1 atom stereocenters. The minimum absolute atomic E-state index is 0.138. The van der Waals surface area contributed by atoms with Gasteiger partial charge in [0.15, 0.2) is 5.82 Å². The zero-order valence-electron chi connectivity index (χ0n) is 13.5. The van der Waals surface area contributed by atoms with Crippen LogP contribution in [-0.4, -0.2) is 44.0 Å². The van der Waals surface area contributed by atoms with Gasteiger partial charge in [0.05, 0.1) is 5.75 Å². The topological polar surface area (TPSA) is 77.0 Å². The fourth-order valence-corrected chi connectivity index (χ4v) is 4.02. The molecule has 1 aliphatic heterocycles. The van der Waals surface area contributed by atoms with Gasteiger partial charge in [0.25, 0.3) is 0 Å². The molecule has 6 nitrogen and oxygen atoms in total. The van der Waals surface area contributed by atoms with Crippen LogP contribution in [0.1, 0.15) is 26.2 Å². The maximum absolute atomic E-state index is 12.4. The van der Waals surface area contributed by atoms with Crippen molar-refractivity contribution in [2.75, 3.05) is 18.1 Å². The van der Waals surface area contributed by atoms with Crippen LogP contribution in [0, 0.1) is 0 Å². The highest BCUT2D eigenvalue weighted by Gasteiger charge is 2.24. The average molecular weight is 410 g/mol. The van der Waals surface area contributed by atoms with Gasteiger partial charge in [-0.2, -0.15) is 0 Å². The Morgan fingerprint density at radius 2 is 2.25 bits per heavy atom. The highest BCUT2D eigenvalue weighted by atomic mass is 79.9. The Hall–Kier alpha value is -1.54. The Kier molecular flexibility index (Phi) is 5.45. The van der Waals surface area contributed by atoms with Crippen molar-refractivity contribution in [1.29, 1.82) is 0 Å². The summed E-state index contributed by atoms with van der Waals surface area (Å²) in [5.74, 6) is 7.16. The van der Waals surface area contributed by atoms with E-state index in [1.807, 2.05) is 29.2 Å². The van der Waals surface area contributed by atoms with Crippen molar-refractivity contribution in [1.82, 2.24) is 19.8 Å². The third-order valence-electron chi connectivity index (χ3n) is 4.20. The number of nitrogens with two attached hydrogens (primary N) is 1. The number of thioether (sulfide) groups is 1. The molecule has 1 fully saturated rings. The fraction of sp³-hybridized carbons (Fsp3) is 0.438. The van der Waals surface area contributed by atoms with Gasteiger partial charge < -0.3 is 10.7 Å². The summed E-state index contributed by atoms with van der Waals surface area (Å²) in [7, 11) is 0. The number of hydrogen-bond donors (Lipinski definition) is 1. The van der Waals surface area contributed by atoms with Crippen LogP contribution in [0.3, 0.4) is 0 Å². The van der Waals surface area contributed by atoms with Crippen LogP contribution < -0.4 is 5.84 Å². The lowest BCUT2D eigenvalue weighted by Gasteiger charge is -2.33. The molecular weight excluding hydrogens is 390 g/mol. The quantitative estimate of drug-likeness (QED) is 0.620. The smallest absolute Gasteiger partial charge is 0.233 e. The lowest BCUT2D eigenvalue weighted by molar-refractivity contribution is -0.131. The number of nitrogens with zero attached hydrogens (tertiary/aromatic N) is 4. The van der Waals surface area contributed by atoms with E-state index in [1.165, 1.54) is 22.9 Å². The molecule has 0 saturated carbocycles. The molecule has 1 aliphatic rings. The minimum atomic E-state index is 0.138. The molecule has 1 aromatic heterocycles. The van der Waals surface area contributed by atoms with Crippen LogP contribution in [0.15, 0.2) is 33.9 Å². The van der Waals surface area contributed by atoms with Gasteiger partial charge in [-0.15, -0.1) is 10.2 Å². The van der Waals surface area contributed by atoms with E-state index >= 15 is 0 Å². The molecule has 24 heavy (non-hydrogen) atoms. The number of piperidine rings is 1. The number of aromatic nitrogens is 3. The Balaban J connectivity index is 1.67. The highest BCUT2D eigenvalue weighted by molar-refractivity contribution is 9.10. The molecular formula is C16H20BrN5OS. The van der Waals surface area contributed by atoms with Crippen LogP contribution >= 0.6 is 27.7 Å². The van der Waals surface area contributed by atoms with Crippen LogP contribution in [-0.2, 0) is 4.79 Å². The lowest BCUT2D eigenvalue weighted by Crippen LogP contribution is -2.43. The first kappa shape index (κ1) is 17.3. The van der Waals surface area contributed by atoms with Crippen molar-refractivity contribution in [3.05, 3.63) is 28.7 Å². The molecule has 0 radical (unpaired) electrons. The predicted octanol–water partition coefficient (Wildman–Crippen LogP) is 2.91. The number of carbonyl (C=O) groups is 1. The molecule has 0 spiro atoms. The van der Waals surface area contributed by atoms with Gasteiger partial charge in [-0.1, -0.05) is 39.8 Å². The standard InChI is InChI=1S/C16H20BrN5OS/c1-11-5-2-3-8-21(11)14(23)10-24-16-20-19-15(22(16)18)12-6-4-7-13(17)9-12/h4,6-7,9,11H,2-3,5,8,10,18H2,1H3/t11-/m1/s1. The normalized spacial score (nSPS) is 17.9. The van der Waals surface area contributed by atoms with Gasteiger partial charge in [-0.25, -0.2) is 4.68 Å². The van der Waals surface area contributed by atoms with Gasteiger partial charge >= 0.3 is 0 Å². The third-order valence-corrected chi connectivity index (χ3v) is 5.62. The molecule has 3 rings (SSSR count). The molecule has 0 aliphatic carbocycles. The van der Waals surface area contributed by atoms with Crippen molar-refractivity contribution in [2.24, 2.45) is 0 Å². The molecule has 1 amide bonds. The minimum Gasteiger partial charge on any atom is -0.339 e. The molecule has 1 saturated heterocycles. The van der Waals surface area contributed by atoms with Crippen LogP contribution in [0.5, 0.6) is 0 Å². The molecule has 2 N–H and O–H groups in total. The van der Waals surface area contributed by atoms with Crippen molar-refractivity contribution < 1.29 is 4.79 Å². The Morgan fingerprint density at radius 3 is 3.00 bits per heavy atom. The van der Waals surface area contributed by atoms with Crippen molar-refractivity contribution in [2.45, 2.75) is 37.4 Å². The van der Waals surface area contributed by atoms with Crippen molar-refractivity contribution in [3.63, 3.8) is 0 Å². The van der Waals surface area contributed by atoms with Crippen LogP contribution in [0.4, 0.5) is 0 Å². The summed E-state index contributed by atoms with van der Waals surface area (Å²) in [4.78, 5) is 14.4. The summed E-state index contributed by atoms with van der Waals surface area (Å²) in [6.45, 7) is 2.96. The third kappa shape index (κ3) is 3.75. The van der Waals surface area contributed by atoms with E-state index in [0.29, 0.717) is 22.8 Å². The SMILES string of the molecule is C[C@@H]1CCCCN1C(=O)CSc1nnc(-c2cccc(Br)c2)n1N. The second-order valence-electron chi connectivity index (χ2n) is 5.91. The van der Waals surface area contributed by atoms with E-state index in [4.69, 9.17) is 5.84 Å². The maximum Gasteiger partial charge on any atom is 0.233 e. The zero-order valence-corrected chi connectivity index (χ0v) is 15.9. The number of carbonyl (C=O) groups excluding carboxylic acids is 1. The van der Waals surface area contributed by atoms with E-state index in [9.17, 15) is 4.79 Å².